The van der Waals surface area contributed by atoms with Crippen LogP contribution in [-0.4, -0.2) is 40.8 Å². The number of fused-ring (bicyclic) bond motifs is 3. The number of carbonyl (C=O) groups excluding carboxylic acids is 1. The lowest BCUT2D eigenvalue weighted by Crippen LogP contribution is -2.50. The van der Waals surface area contributed by atoms with Crippen LogP contribution in [0, 0.1) is 0 Å². The molecule has 1 aliphatic rings. The van der Waals surface area contributed by atoms with Crippen molar-refractivity contribution in [1.82, 2.24) is 4.90 Å². The number of benzene rings is 2. The molecular weight excluding hydrogens is 342 g/mol. The summed E-state index contributed by atoms with van der Waals surface area (Å²) in [4.78, 5) is 25.2. The number of aliphatic carboxylic acids is 1. The quantitative estimate of drug-likeness (QED) is 0.816. The van der Waals surface area contributed by atoms with Crippen molar-refractivity contribution in [3.8, 4) is 11.1 Å². The Morgan fingerprint density at radius 3 is 2.04 bits per heavy atom. The number of hydrogen-bond acceptors (Lipinski definition) is 3. The maximum absolute atomic E-state index is 12.7. The van der Waals surface area contributed by atoms with E-state index in [1.807, 2.05) is 45.0 Å². The molecule has 5 nitrogen and oxygen atoms in total. The van der Waals surface area contributed by atoms with Gasteiger partial charge in [0.1, 0.15) is 13.2 Å². The van der Waals surface area contributed by atoms with Crippen molar-refractivity contribution < 1.29 is 19.4 Å². The summed E-state index contributed by atoms with van der Waals surface area (Å²) in [6.07, 6.45) is 0.0379. The van der Waals surface area contributed by atoms with Crippen LogP contribution in [0.1, 0.15) is 44.2 Å². The Morgan fingerprint density at radius 2 is 1.56 bits per heavy atom. The predicted octanol–water partition coefficient (Wildman–Crippen LogP) is 4.51. The van der Waals surface area contributed by atoms with Gasteiger partial charge in [-0.15, -0.1) is 0 Å². The third-order valence-electron chi connectivity index (χ3n) is 5.45. The lowest BCUT2D eigenvalue weighted by molar-refractivity contribution is -0.139. The van der Waals surface area contributed by atoms with Gasteiger partial charge in [-0.1, -0.05) is 55.5 Å². The SMILES string of the molecule is CCC(C)(C)N(CC(=O)O)C(=O)OCC1c2ccccc2-c2ccccc21. The Hall–Kier alpha value is -2.82. The molecule has 0 bridgehead atoms. The second-order valence-corrected chi connectivity index (χ2v) is 7.45. The minimum Gasteiger partial charge on any atom is -0.480 e. The normalized spacial score (nSPS) is 13.0. The highest BCUT2D eigenvalue weighted by atomic mass is 16.6. The topological polar surface area (TPSA) is 66.8 Å². The fraction of sp³-hybridized carbons (Fsp3) is 0.364. The van der Waals surface area contributed by atoms with E-state index in [0.29, 0.717) is 6.42 Å². The van der Waals surface area contributed by atoms with Crippen LogP contribution in [0.5, 0.6) is 0 Å². The smallest absolute Gasteiger partial charge is 0.410 e. The fourth-order valence-corrected chi connectivity index (χ4v) is 3.52. The van der Waals surface area contributed by atoms with E-state index in [4.69, 9.17) is 4.74 Å². The molecule has 27 heavy (non-hydrogen) atoms. The summed E-state index contributed by atoms with van der Waals surface area (Å²) < 4.78 is 5.61. The molecule has 0 heterocycles. The molecule has 5 heteroatoms. The third-order valence-corrected chi connectivity index (χ3v) is 5.45. The highest BCUT2D eigenvalue weighted by molar-refractivity contribution is 5.80. The Bertz CT molecular complexity index is 813. The summed E-state index contributed by atoms with van der Waals surface area (Å²) in [5.41, 5.74) is 3.98. The van der Waals surface area contributed by atoms with Gasteiger partial charge in [0.25, 0.3) is 0 Å². The van der Waals surface area contributed by atoms with Gasteiger partial charge in [0.05, 0.1) is 0 Å². The number of carboxylic acids is 1. The van der Waals surface area contributed by atoms with E-state index in [0.717, 1.165) is 22.3 Å². The summed E-state index contributed by atoms with van der Waals surface area (Å²) >= 11 is 0. The zero-order chi connectivity index (χ0) is 19.6. The first kappa shape index (κ1) is 19.0. The first-order chi connectivity index (χ1) is 12.8. The van der Waals surface area contributed by atoms with Gasteiger partial charge in [-0.25, -0.2) is 4.79 Å². The number of carbonyl (C=O) groups is 2. The van der Waals surface area contributed by atoms with Crippen LogP contribution >= 0.6 is 0 Å². The number of nitrogens with zero attached hydrogens (tertiary/aromatic N) is 1. The van der Waals surface area contributed by atoms with Gasteiger partial charge < -0.3 is 9.84 Å². The minimum atomic E-state index is -1.05. The summed E-state index contributed by atoms with van der Waals surface area (Å²) in [6, 6.07) is 16.2. The van der Waals surface area contributed by atoms with E-state index in [1.165, 1.54) is 4.90 Å². The predicted molar refractivity (Wildman–Crippen MR) is 104 cm³/mol. The van der Waals surface area contributed by atoms with Crippen molar-refractivity contribution in [3.05, 3.63) is 59.7 Å². The van der Waals surface area contributed by atoms with Crippen molar-refractivity contribution in [2.75, 3.05) is 13.2 Å². The van der Waals surface area contributed by atoms with Crippen LogP contribution in [0.25, 0.3) is 11.1 Å². The highest BCUT2D eigenvalue weighted by Crippen LogP contribution is 2.44. The van der Waals surface area contributed by atoms with Crippen LogP contribution < -0.4 is 0 Å². The lowest BCUT2D eigenvalue weighted by Gasteiger charge is -2.36. The molecule has 1 N–H and O–H groups in total. The number of ether oxygens (including phenoxy) is 1. The van der Waals surface area contributed by atoms with Gasteiger partial charge in [-0.05, 0) is 42.5 Å². The largest absolute Gasteiger partial charge is 0.480 e. The molecule has 0 atom stereocenters. The Balaban J connectivity index is 1.81. The van der Waals surface area contributed by atoms with E-state index in [9.17, 15) is 14.7 Å². The van der Waals surface area contributed by atoms with Gasteiger partial charge in [-0.3, -0.25) is 9.69 Å². The van der Waals surface area contributed by atoms with Crippen molar-refractivity contribution in [2.24, 2.45) is 0 Å². The maximum atomic E-state index is 12.7. The summed E-state index contributed by atoms with van der Waals surface area (Å²) in [6.45, 7) is 5.42. The van der Waals surface area contributed by atoms with Gasteiger partial charge in [0.2, 0.25) is 0 Å². The molecule has 3 rings (SSSR count). The van der Waals surface area contributed by atoms with E-state index in [1.54, 1.807) is 0 Å². The zero-order valence-electron chi connectivity index (χ0n) is 15.9. The van der Waals surface area contributed by atoms with Gasteiger partial charge >= 0.3 is 12.1 Å². The fourth-order valence-electron chi connectivity index (χ4n) is 3.52. The first-order valence-corrected chi connectivity index (χ1v) is 9.19. The van der Waals surface area contributed by atoms with Crippen LogP contribution in [-0.2, 0) is 9.53 Å². The molecule has 142 valence electrons. The molecule has 0 unspecified atom stereocenters. The van der Waals surface area contributed by atoms with Crippen molar-refractivity contribution in [3.63, 3.8) is 0 Å². The molecule has 0 spiro atoms. The molecule has 2 aromatic rings. The molecule has 0 aromatic heterocycles. The zero-order valence-corrected chi connectivity index (χ0v) is 15.9. The van der Waals surface area contributed by atoms with E-state index < -0.39 is 17.6 Å². The molecule has 0 saturated carbocycles. The van der Waals surface area contributed by atoms with Crippen molar-refractivity contribution in [1.29, 1.82) is 0 Å². The molecule has 0 aliphatic heterocycles. The second kappa shape index (κ2) is 7.43. The average molecular weight is 367 g/mol. The van der Waals surface area contributed by atoms with Crippen LogP contribution in [0.2, 0.25) is 0 Å². The number of hydrogen-bond donors (Lipinski definition) is 1. The first-order valence-electron chi connectivity index (χ1n) is 9.19. The Morgan fingerprint density at radius 1 is 1.04 bits per heavy atom. The Kier molecular flexibility index (Phi) is 5.22. The molecule has 2 aromatic carbocycles. The molecule has 0 saturated heterocycles. The van der Waals surface area contributed by atoms with Crippen LogP contribution in [0.15, 0.2) is 48.5 Å². The standard InChI is InChI=1S/C22H25NO4/c1-4-22(2,3)23(13-20(24)25)21(26)27-14-19-17-11-7-5-9-15(17)16-10-6-8-12-18(16)19/h5-12,19H,4,13-14H2,1-3H3,(H,24,25). The van der Waals surface area contributed by atoms with E-state index >= 15 is 0 Å². The third kappa shape index (κ3) is 3.68. The van der Waals surface area contributed by atoms with Crippen LogP contribution in [0.4, 0.5) is 4.79 Å². The number of amides is 1. The average Bonchev–Trinajstić information content (AvgIpc) is 2.98. The summed E-state index contributed by atoms with van der Waals surface area (Å²) in [5, 5.41) is 9.18. The van der Waals surface area contributed by atoms with Gasteiger partial charge in [0.15, 0.2) is 0 Å². The van der Waals surface area contributed by atoms with Crippen LogP contribution in [0.3, 0.4) is 0 Å². The molecular formula is C22H25NO4. The summed E-state index contributed by atoms with van der Waals surface area (Å²) in [7, 11) is 0. The maximum Gasteiger partial charge on any atom is 0.410 e. The monoisotopic (exact) mass is 367 g/mol. The Labute approximate surface area is 159 Å². The van der Waals surface area contributed by atoms with E-state index in [2.05, 4.69) is 24.3 Å². The highest BCUT2D eigenvalue weighted by Gasteiger charge is 2.34. The number of rotatable bonds is 6. The van der Waals surface area contributed by atoms with E-state index in [-0.39, 0.29) is 19.1 Å². The second-order valence-electron chi connectivity index (χ2n) is 7.45. The molecule has 0 fully saturated rings. The van der Waals surface area contributed by atoms with Gasteiger partial charge in [0, 0.05) is 11.5 Å². The van der Waals surface area contributed by atoms with Crippen molar-refractivity contribution >= 4 is 12.1 Å². The lowest BCUT2D eigenvalue weighted by atomic mass is 9.98. The minimum absolute atomic E-state index is 0.0437. The summed E-state index contributed by atoms with van der Waals surface area (Å²) in [5.74, 6) is -1.09. The van der Waals surface area contributed by atoms with Gasteiger partial charge in [-0.2, -0.15) is 0 Å². The molecule has 1 aliphatic carbocycles. The molecule has 0 radical (unpaired) electrons. The van der Waals surface area contributed by atoms with Crippen molar-refractivity contribution in [2.45, 2.75) is 38.6 Å². The number of carboxylic acid groups (broad SMARTS) is 1. The molecule has 1 amide bonds.